The van der Waals surface area contributed by atoms with E-state index in [1.54, 1.807) is 12.0 Å². The number of carbonyl (C=O) groups is 2. The highest BCUT2D eigenvalue weighted by molar-refractivity contribution is 8.26. The largest absolute Gasteiger partial charge is 0.497 e. The van der Waals surface area contributed by atoms with E-state index in [2.05, 4.69) is 6.92 Å². The number of unbranched alkanes of at least 4 members (excludes halogenated alkanes) is 3. The molecule has 1 aliphatic heterocycles. The molecule has 1 aromatic rings. The molecule has 5 nitrogen and oxygen atoms in total. The Labute approximate surface area is 176 Å². The van der Waals surface area contributed by atoms with Crippen LogP contribution in [0, 0.1) is 0 Å². The first-order valence-electron chi connectivity index (χ1n) is 9.60. The Morgan fingerprint density at radius 2 is 1.93 bits per heavy atom. The summed E-state index contributed by atoms with van der Waals surface area (Å²) in [4.78, 5) is 26.5. The summed E-state index contributed by atoms with van der Waals surface area (Å²) >= 11 is 6.69. The van der Waals surface area contributed by atoms with E-state index in [1.807, 2.05) is 30.3 Å². The molecule has 0 atom stereocenters. The van der Waals surface area contributed by atoms with E-state index in [1.165, 1.54) is 11.8 Å². The summed E-state index contributed by atoms with van der Waals surface area (Å²) in [5.74, 6) is 0.588. The summed E-state index contributed by atoms with van der Waals surface area (Å²) in [7, 11) is 1.62. The third kappa shape index (κ3) is 6.95. The number of ether oxygens (including phenoxy) is 2. The molecule has 1 aromatic carbocycles. The lowest BCUT2D eigenvalue weighted by atomic mass is 10.2. The van der Waals surface area contributed by atoms with Gasteiger partial charge in [-0.1, -0.05) is 55.9 Å². The lowest BCUT2D eigenvalue weighted by Gasteiger charge is -2.14. The highest BCUT2D eigenvalue weighted by atomic mass is 32.2. The predicted molar refractivity (Wildman–Crippen MR) is 117 cm³/mol. The van der Waals surface area contributed by atoms with Crippen LogP contribution in [0.2, 0.25) is 0 Å². The number of methoxy groups -OCH3 is 1. The quantitative estimate of drug-likeness (QED) is 0.221. The monoisotopic (exact) mass is 421 g/mol. The fourth-order valence-electron chi connectivity index (χ4n) is 2.66. The van der Waals surface area contributed by atoms with Gasteiger partial charge in [-0.25, -0.2) is 0 Å². The van der Waals surface area contributed by atoms with Crippen LogP contribution in [-0.4, -0.2) is 41.4 Å². The number of hydrogen-bond acceptors (Lipinski definition) is 6. The molecule has 1 heterocycles. The summed E-state index contributed by atoms with van der Waals surface area (Å²) in [5.41, 5.74) is 0.933. The molecular formula is C21H27NO4S2. The van der Waals surface area contributed by atoms with Gasteiger partial charge in [0.15, 0.2) is 0 Å². The standard InChI is InChI=1S/C21H27NO4S2/c1-3-4-14-26-19(23)8-6-5-7-13-22-20(24)18(28-21(22)27)15-16-9-11-17(25-2)12-10-16/h9-12,15H,3-8,13-14H2,1-2H3. The van der Waals surface area contributed by atoms with Gasteiger partial charge in [-0.3, -0.25) is 14.5 Å². The van der Waals surface area contributed by atoms with Gasteiger partial charge in [-0.05, 0) is 43.0 Å². The molecule has 152 valence electrons. The molecule has 0 N–H and O–H groups in total. The molecule has 0 saturated carbocycles. The third-order valence-corrected chi connectivity index (χ3v) is 5.69. The maximum Gasteiger partial charge on any atom is 0.305 e. The second kappa shape index (κ2) is 11.9. The summed E-state index contributed by atoms with van der Waals surface area (Å²) in [6.07, 6.45) is 6.64. The van der Waals surface area contributed by atoms with Crippen LogP contribution in [-0.2, 0) is 14.3 Å². The van der Waals surface area contributed by atoms with E-state index in [0.717, 1.165) is 43.4 Å². The molecule has 0 radical (unpaired) electrons. The molecule has 1 fully saturated rings. The fraction of sp³-hybridized carbons (Fsp3) is 0.476. The third-order valence-electron chi connectivity index (χ3n) is 4.31. The number of nitrogens with zero attached hydrogens (tertiary/aromatic N) is 1. The van der Waals surface area contributed by atoms with Crippen molar-refractivity contribution in [2.75, 3.05) is 20.3 Å². The van der Waals surface area contributed by atoms with Crippen molar-refractivity contribution in [3.8, 4) is 5.75 Å². The van der Waals surface area contributed by atoms with Crippen molar-refractivity contribution in [1.82, 2.24) is 4.90 Å². The first-order chi connectivity index (χ1) is 13.5. The number of benzene rings is 1. The number of esters is 1. The number of thioether (sulfide) groups is 1. The average Bonchev–Trinajstić information content (AvgIpc) is 2.95. The van der Waals surface area contributed by atoms with Gasteiger partial charge in [-0.15, -0.1) is 0 Å². The molecule has 1 aliphatic rings. The zero-order valence-corrected chi connectivity index (χ0v) is 18.1. The maximum absolute atomic E-state index is 12.6. The Morgan fingerprint density at radius 3 is 2.61 bits per heavy atom. The van der Waals surface area contributed by atoms with Crippen LogP contribution < -0.4 is 4.74 Å². The van der Waals surface area contributed by atoms with Gasteiger partial charge in [0.05, 0.1) is 18.6 Å². The lowest BCUT2D eigenvalue weighted by Crippen LogP contribution is -2.29. The molecule has 0 spiro atoms. The van der Waals surface area contributed by atoms with Crippen molar-refractivity contribution >= 4 is 46.3 Å². The summed E-state index contributed by atoms with van der Waals surface area (Å²) < 4.78 is 10.9. The minimum Gasteiger partial charge on any atom is -0.497 e. The van der Waals surface area contributed by atoms with Gasteiger partial charge >= 0.3 is 5.97 Å². The van der Waals surface area contributed by atoms with Gasteiger partial charge in [0.1, 0.15) is 10.1 Å². The summed E-state index contributed by atoms with van der Waals surface area (Å²) in [5, 5.41) is 0. The maximum atomic E-state index is 12.6. The van der Waals surface area contributed by atoms with Gasteiger partial charge in [0, 0.05) is 13.0 Å². The Balaban J connectivity index is 1.75. The van der Waals surface area contributed by atoms with E-state index in [9.17, 15) is 9.59 Å². The van der Waals surface area contributed by atoms with Gasteiger partial charge in [0.25, 0.3) is 5.91 Å². The van der Waals surface area contributed by atoms with Crippen molar-refractivity contribution in [3.05, 3.63) is 34.7 Å². The van der Waals surface area contributed by atoms with Crippen LogP contribution in [0.3, 0.4) is 0 Å². The topological polar surface area (TPSA) is 55.8 Å². The molecular weight excluding hydrogens is 394 g/mol. The Kier molecular flexibility index (Phi) is 9.50. The van der Waals surface area contributed by atoms with Gasteiger partial charge in [-0.2, -0.15) is 0 Å². The van der Waals surface area contributed by atoms with E-state index < -0.39 is 0 Å². The van der Waals surface area contributed by atoms with Gasteiger partial charge in [0.2, 0.25) is 0 Å². The van der Waals surface area contributed by atoms with E-state index >= 15 is 0 Å². The molecule has 0 bridgehead atoms. The number of amides is 1. The Hall–Kier alpha value is -1.86. The first kappa shape index (κ1) is 22.4. The van der Waals surface area contributed by atoms with Crippen molar-refractivity contribution in [3.63, 3.8) is 0 Å². The number of carbonyl (C=O) groups excluding carboxylic acids is 2. The summed E-state index contributed by atoms with van der Waals surface area (Å²) in [6.45, 7) is 3.15. The molecule has 1 amide bonds. The summed E-state index contributed by atoms with van der Waals surface area (Å²) in [6, 6.07) is 7.54. The second-order valence-electron chi connectivity index (χ2n) is 6.49. The highest BCUT2D eigenvalue weighted by Crippen LogP contribution is 2.33. The zero-order valence-electron chi connectivity index (χ0n) is 16.4. The second-order valence-corrected chi connectivity index (χ2v) is 8.17. The average molecular weight is 422 g/mol. The first-order valence-corrected chi connectivity index (χ1v) is 10.8. The van der Waals surface area contributed by atoms with Crippen molar-refractivity contribution in [1.29, 1.82) is 0 Å². The van der Waals surface area contributed by atoms with Crippen molar-refractivity contribution < 1.29 is 19.1 Å². The predicted octanol–water partition coefficient (Wildman–Crippen LogP) is 4.80. The lowest BCUT2D eigenvalue weighted by molar-refractivity contribution is -0.143. The molecule has 28 heavy (non-hydrogen) atoms. The normalized spacial score (nSPS) is 15.4. The van der Waals surface area contributed by atoms with E-state index in [0.29, 0.717) is 28.8 Å². The molecule has 1 saturated heterocycles. The van der Waals surface area contributed by atoms with Crippen LogP contribution in [0.25, 0.3) is 6.08 Å². The highest BCUT2D eigenvalue weighted by Gasteiger charge is 2.31. The van der Waals surface area contributed by atoms with Crippen LogP contribution >= 0.6 is 24.0 Å². The molecule has 0 aromatic heterocycles. The number of thiocarbonyl (C=S) groups is 1. The molecule has 0 unspecified atom stereocenters. The van der Waals surface area contributed by atoms with Crippen LogP contribution in [0.1, 0.15) is 51.0 Å². The fourth-order valence-corrected chi connectivity index (χ4v) is 3.97. The SMILES string of the molecule is CCCCOC(=O)CCCCCN1C(=O)C(=Cc2ccc(OC)cc2)SC1=S. The Morgan fingerprint density at radius 1 is 1.18 bits per heavy atom. The molecule has 7 heteroatoms. The van der Waals surface area contributed by atoms with E-state index in [4.69, 9.17) is 21.7 Å². The minimum absolute atomic E-state index is 0.0511. The molecule has 0 aliphatic carbocycles. The van der Waals surface area contributed by atoms with Crippen LogP contribution in [0.4, 0.5) is 0 Å². The smallest absolute Gasteiger partial charge is 0.305 e. The van der Waals surface area contributed by atoms with Gasteiger partial charge < -0.3 is 9.47 Å². The minimum atomic E-state index is -0.138. The number of hydrogen-bond donors (Lipinski definition) is 0. The van der Waals surface area contributed by atoms with Crippen molar-refractivity contribution in [2.24, 2.45) is 0 Å². The van der Waals surface area contributed by atoms with Crippen LogP contribution in [0.5, 0.6) is 5.75 Å². The van der Waals surface area contributed by atoms with Crippen molar-refractivity contribution in [2.45, 2.75) is 45.4 Å². The zero-order chi connectivity index (χ0) is 20.4. The molecule has 2 rings (SSSR count). The number of rotatable bonds is 11. The Bertz CT molecular complexity index is 716. The van der Waals surface area contributed by atoms with E-state index in [-0.39, 0.29) is 11.9 Å². The van der Waals surface area contributed by atoms with Crippen LogP contribution in [0.15, 0.2) is 29.2 Å².